The van der Waals surface area contributed by atoms with Crippen molar-refractivity contribution in [2.45, 2.75) is 13.5 Å². The van der Waals surface area contributed by atoms with Gasteiger partial charge in [-0.1, -0.05) is 41.8 Å². The maximum atomic E-state index is 11.4. The van der Waals surface area contributed by atoms with Crippen LogP contribution in [0, 0.1) is 22.8 Å². The summed E-state index contributed by atoms with van der Waals surface area (Å²) < 4.78 is 11.6. The normalized spacial score (nSPS) is 10.4. The molecular formula is C20H17IO3. The van der Waals surface area contributed by atoms with Gasteiger partial charge in [0.15, 0.2) is 6.61 Å². The minimum absolute atomic E-state index is 0.0213. The van der Waals surface area contributed by atoms with Crippen molar-refractivity contribution < 1.29 is 14.3 Å². The second kappa shape index (κ2) is 9.14. The van der Waals surface area contributed by atoms with E-state index in [1.807, 2.05) is 18.2 Å². The highest BCUT2D eigenvalue weighted by molar-refractivity contribution is 14.1. The predicted molar refractivity (Wildman–Crippen MR) is 103 cm³/mol. The maximum Gasteiger partial charge on any atom is 0.331 e. The lowest BCUT2D eigenvalue weighted by molar-refractivity contribution is -0.136. The number of rotatable bonds is 6. The van der Waals surface area contributed by atoms with Crippen molar-refractivity contribution >= 4 is 34.6 Å². The molecule has 0 bridgehead atoms. The minimum Gasteiger partial charge on any atom is -0.488 e. The first-order valence-electron chi connectivity index (χ1n) is 7.34. The summed E-state index contributed by atoms with van der Waals surface area (Å²) in [6, 6.07) is 14.0. The molecule has 0 atom stereocenters. The lowest BCUT2D eigenvalue weighted by Crippen LogP contribution is -2.00. The van der Waals surface area contributed by atoms with Crippen molar-refractivity contribution in [3.8, 4) is 18.1 Å². The fraction of sp³-hybridized carbons (Fsp3) is 0.150. The van der Waals surface area contributed by atoms with Gasteiger partial charge in [-0.2, -0.15) is 0 Å². The molecule has 0 saturated carbocycles. The van der Waals surface area contributed by atoms with Crippen LogP contribution in [0.25, 0.3) is 6.08 Å². The molecule has 0 radical (unpaired) electrons. The third kappa shape index (κ3) is 5.74. The molecule has 0 aliphatic carbocycles. The Morgan fingerprint density at radius 2 is 2.00 bits per heavy atom. The summed E-state index contributed by atoms with van der Waals surface area (Å²) >= 11 is 2.21. The first-order chi connectivity index (χ1) is 11.6. The predicted octanol–water partition coefficient (Wildman–Crippen LogP) is 4.37. The van der Waals surface area contributed by atoms with Gasteiger partial charge in [0.1, 0.15) is 12.4 Å². The molecule has 0 unspecified atom stereocenters. The molecular weight excluding hydrogens is 415 g/mol. The lowest BCUT2D eigenvalue weighted by atomic mass is 10.2. The number of carbonyl (C=O) groups is 1. The van der Waals surface area contributed by atoms with E-state index in [4.69, 9.17) is 15.9 Å². The molecule has 2 rings (SSSR count). The second-order valence-electron chi connectivity index (χ2n) is 5.11. The van der Waals surface area contributed by atoms with E-state index in [2.05, 4.69) is 59.7 Å². The summed E-state index contributed by atoms with van der Waals surface area (Å²) in [6.07, 6.45) is 8.07. The Balaban J connectivity index is 1.96. The second-order valence-corrected chi connectivity index (χ2v) is 6.27. The third-order valence-electron chi connectivity index (χ3n) is 3.18. The lowest BCUT2D eigenvalue weighted by Gasteiger charge is -2.09. The highest BCUT2D eigenvalue weighted by Gasteiger charge is 2.03. The van der Waals surface area contributed by atoms with Gasteiger partial charge < -0.3 is 9.47 Å². The third-order valence-corrected chi connectivity index (χ3v) is 4.02. The number of hydrogen-bond acceptors (Lipinski definition) is 3. The zero-order valence-corrected chi connectivity index (χ0v) is 15.4. The Hall–Kier alpha value is -2.26. The Labute approximate surface area is 155 Å². The highest BCUT2D eigenvalue weighted by atomic mass is 127. The molecule has 2 aromatic carbocycles. The molecule has 0 aliphatic heterocycles. The zero-order chi connectivity index (χ0) is 17.4. The summed E-state index contributed by atoms with van der Waals surface area (Å²) in [7, 11) is 0. The molecule has 0 heterocycles. The van der Waals surface area contributed by atoms with Crippen LogP contribution in [0.5, 0.6) is 5.75 Å². The van der Waals surface area contributed by atoms with Crippen molar-refractivity contribution in [1.29, 1.82) is 0 Å². The van der Waals surface area contributed by atoms with Gasteiger partial charge >= 0.3 is 5.97 Å². The smallest absolute Gasteiger partial charge is 0.331 e. The highest BCUT2D eigenvalue weighted by Crippen LogP contribution is 2.23. The van der Waals surface area contributed by atoms with Crippen LogP contribution in [0.3, 0.4) is 0 Å². The van der Waals surface area contributed by atoms with Crippen LogP contribution in [0.1, 0.15) is 16.7 Å². The van der Waals surface area contributed by atoms with Crippen molar-refractivity contribution in [3.05, 3.63) is 68.8 Å². The van der Waals surface area contributed by atoms with E-state index < -0.39 is 5.97 Å². The van der Waals surface area contributed by atoms with Gasteiger partial charge in [-0.3, -0.25) is 0 Å². The fourth-order valence-corrected chi connectivity index (χ4v) is 2.60. The van der Waals surface area contributed by atoms with E-state index in [9.17, 15) is 4.79 Å². The number of halogens is 1. The van der Waals surface area contributed by atoms with Crippen LogP contribution in [-0.4, -0.2) is 12.6 Å². The van der Waals surface area contributed by atoms with Crippen LogP contribution < -0.4 is 4.74 Å². The van der Waals surface area contributed by atoms with Gasteiger partial charge in [0.2, 0.25) is 0 Å². The average Bonchev–Trinajstić information content (AvgIpc) is 2.58. The molecule has 24 heavy (non-hydrogen) atoms. The summed E-state index contributed by atoms with van der Waals surface area (Å²) in [4.78, 5) is 11.4. The standard InChI is InChI=1S/C20H17IO3/c1-3-12-23-20(22)11-9-16-8-10-19(18(21)13-16)24-14-17-6-4-15(2)5-7-17/h1,4-11,13H,12,14H2,2H3/b11-9+. The monoisotopic (exact) mass is 432 g/mol. The summed E-state index contributed by atoms with van der Waals surface area (Å²) in [5.41, 5.74) is 3.24. The van der Waals surface area contributed by atoms with Crippen molar-refractivity contribution in [1.82, 2.24) is 0 Å². The van der Waals surface area contributed by atoms with Crippen LogP contribution in [0.15, 0.2) is 48.5 Å². The molecule has 122 valence electrons. The summed E-state index contributed by atoms with van der Waals surface area (Å²) in [5, 5.41) is 0. The first kappa shape index (κ1) is 18.1. The van der Waals surface area contributed by atoms with E-state index >= 15 is 0 Å². The van der Waals surface area contributed by atoms with E-state index in [0.717, 1.165) is 20.4 Å². The molecule has 4 heteroatoms. The van der Waals surface area contributed by atoms with Gasteiger partial charge in [0.25, 0.3) is 0 Å². The minimum atomic E-state index is -0.456. The SMILES string of the molecule is C#CCOC(=O)/C=C/c1ccc(OCc2ccc(C)cc2)c(I)c1. The number of aryl methyl sites for hydroxylation is 1. The van der Waals surface area contributed by atoms with E-state index in [1.54, 1.807) is 6.08 Å². The quantitative estimate of drug-likeness (QED) is 0.295. The van der Waals surface area contributed by atoms with Crippen LogP contribution in [0.4, 0.5) is 0 Å². The molecule has 0 saturated heterocycles. The average molecular weight is 432 g/mol. The van der Waals surface area contributed by atoms with Crippen molar-refractivity contribution in [2.24, 2.45) is 0 Å². The Morgan fingerprint density at radius 3 is 2.67 bits per heavy atom. The Kier molecular flexibility index (Phi) is 6.89. The summed E-state index contributed by atoms with van der Waals surface area (Å²) in [6.45, 7) is 2.55. The molecule has 0 N–H and O–H groups in total. The molecule has 0 aliphatic rings. The first-order valence-corrected chi connectivity index (χ1v) is 8.42. The van der Waals surface area contributed by atoms with Gasteiger partial charge in [0, 0.05) is 6.08 Å². The number of terminal acetylenes is 1. The Bertz CT molecular complexity index is 770. The maximum absolute atomic E-state index is 11.4. The molecule has 0 amide bonds. The fourth-order valence-electron chi connectivity index (χ4n) is 1.91. The van der Waals surface area contributed by atoms with Crippen molar-refractivity contribution in [3.63, 3.8) is 0 Å². The molecule has 3 nitrogen and oxygen atoms in total. The number of hydrogen-bond donors (Lipinski definition) is 0. The van der Waals surface area contributed by atoms with Gasteiger partial charge in [-0.25, -0.2) is 4.79 Å². The summed E-state index contributed by atoms with van der Waals surface area (Å²) in [5.74, 6) is 2.60. The van der Waals surface area contributed by atoms with Gasteiger partial charge in [0.05, 0.1) is 3.57 Å². The number of benzene rings is 2. The van der Waals surface area contributed by atoms with Crippen LogP contribution >= 0.6 is 22.6 Å². The van der Waals surface area contributed by atoms with Gasteiger partial charge in [-0.15, -0.1) is 6.42 Å². The molecule has 0 aromatic heterocycles. The molecule has 2 aromatic rings. The van der Waals surface area contributed by atoms with Crippen LogP contribution in [-0.2, 0) is 16.1 Å². The Morgan fingerprint density at radius 1 is 1.25 bits per heavy atom. The molecule has 0 fully saturated rings. The number of ether oxygens (including phenoxy) is 2. The van der Waals surface area contributed by atoms with E-state index in [-0.39, 0.29) is 6.61 Å². The van der Waals surface area contributed by atoms with Crippen LogP contribution in [0.2, 0.25) is 0 Å². The van der Waals surface area contributed by atoms with Gasteiger partial charge in [-0.05, 0) is 58.9 Å². The van der Waals surface area contributed by atoms with E-state index in [1.165, 1.54) is 11.6 Å². The number of esters is 1. The van der Waals surface area contributed by atoms with E-state index in [0.29, 0.717) is 6.61 Å². The zero-order valence-electron chi connectivity index (χ0n) is 13.3. The largest absolute Gasteiger partial charge is 0.488 e. The number of carbonyl (C=O) groups excluding carboxylic acids is 1. The van der Waals surface area contributed by atoms with Crippen molar-refractivity contribution in [2.75, 3.05) is 6.61 Å². The topological polar surface area (TPSA) is 35.5 Å². The molecule has 0 spiro atoms.